The van der Waals surface area contributed by atoms with Crippen LogP contribution in [0.15, 0.2) is 47.8 Å². The van der Waals surface area contributed by atoms with Crippen LogP contribution in [0.25, 0.3) is 37.8 Å². The number of nitrogens with two attached hydrogens (primary N) is 4. The number of nitrogens with zero attached hydrogens (tertiary/aromatic N) is 18. The fourth-order valence-corrected chi connectivity index (χ4v) is 14.5. The summed E-state index contributed by atoms with van der Waals surface area (Å²) in [5, 5.41) is 60.0. The molecule has 57 nitrogen and oxygen atoms in total. The summed E-state index contributed by atoms with van der Waals surface area (Å²) in [6.07, 6.45) is -4.12. The lowest BCUT2D eigenvalue weighted by Gasteiger charge is -2.33. The monoisotopic (exact) mass is 1510 g/mol. The molecule has 18 atom stereocenters. The van der Waals surface area contributed by atoms with Crippen LogP contribution in [0, 0.1) is 0 Å². The number of nitrogen functional groups attached to an aromatic ring is 3. The average Bonchev–Trinajstić information content (AvgIpc) is 1.64. The smallest absolute Gasteiger partial charge is 0.280 e. The molecule has 3 fully saturated rings. The number of phosphoric acid groups is 6. The summed E-state index contributed by atoms with van der Waals surface area (Å²) >= 11 is 0. The predicted molar refractivity (Wildman–Crippen MR) is 315 cm³/mol. The van der Waals surface area contributed by atoms with Crippen molar-refractivity contribution in [1.29, 1.82) is 0 Å². The molecule has 548 valence electrons. The van der Waals surface area contributed by atoms with E-state index in [2.05, 4.69) is 91.5 Å². The van der Waals surface area contributed by atoms with Gasteiger partial charge in [-0.15, -0.1) is 0 Å². The van der Waals surface area contributed by atoms with Crippen molar-refractivity contribution in [3.63, 3.8) is 0 Å². The zero-order valence-electron chi connectivity index (χ0n) is 52.1. The number of aliphatic hydroxyl groups is 4. The average molecular weight is 1510 g/mol. The Labute approximate surface area is 536 Å². The second-order valence-electron chi connectivity index (χ2n) is 18.7. The maximum atomic E-state index is 11.8. The van der Waals surface area contributed by atoms with Gasteiger partial charge in [-0.3, -0.25) is 27.4 Å². The standard InChI is InChI=1S/C11H17N8O12P3.C11H14N8O3.C11H19N6O12P3.8H3N/c1-11(17-18-13)7(20)6(3-28-33(24,25)31-34(26,27)30-32(21,22)23)29-8(11)5-2-14-10-9(12)15-4-16-19(5)10;1-11(17-18-13)7(21)6(3-20)22-8(11)5-2-14-10-9(12)15-4-16-19(5)10;1-11(13)7(18)6(3-26-31(22,23)29-32(24,25)28-30(19,20)21)27-8(11)5-2-14-10-9(12)15-4-16-17(5)10;;;;;;;;/h2,4,6-8,20H,3H2,1H3,(H,24,25)(H,26,27)(H2,12,15,16)(H2,21,22,23);2,4,6-8,20-21H,3H2,1H3,(H2,12,15,16);2,4,6-8,18H,3,13H2,1H3,(H,22,23)(H,24,25)(H2,12,15,16)(H2,19,20,21);8*1H3/p+2/t3*6-,7-,8+,11-;;;;;;;;/m111......../s1. The van der Waals surface area contributed by atoms with Gasteiger partial charge in [0.2, 0.25) is 0 Å². The Kier molecular flexibility index (Phi) is 32.6. The summed E-state index contributed by atoms with van der Waals surface area (Å²) in [6.45, 7) is 1.70. The van der Waals surface area contributed by atoms with E-state index in [0.29, 0.717) is 11.3 Å². The highest BCUT2D eigenvalue weighted by molar-refractivity contribution is 7.65. The molecule has 0 bridgehead atoms. The van der Waals surface area contributed by atoms with Gasteiger partial charge in [0, 0.05) is 9.82 Å². The molecule has 0 saturated carbocycles. The van der Waals surface area contributed by atoms with Crippen molar-refractivity contribution in [3.8, 4) is 0 Å². The van der Waals surface area contributed by atoms with Crippen molar-refractivity contribution in [2.24, 2.45) is 16.0 Å². The first-order valence-electron chi connectivity index (χ1n) is 23.4. The van der Waals surface area contributed by atoms with E-state index in [4.69, 9.17) is 58.0 Å². The molecule has 9 rings (SSSR count). The van der Waals surface area contributed by atoms with Crippen LogP contribution in [0.3, 0.4) is 0 Å². The van der Waals surface area contributed by atoms with Gasteiger partial charge in [-0.25, -0.2) is 60.7 Å². The molecule has 96 heavy (non-hydrogen) atoms. The molecule has 0 aromatic carbocycles. The van der Waals surface area contributed by atoms with Gasteiger partial charge < -0.3 is 155 Å². The maximum absolute atomic E-state index is 11.8. The van der Waals surface area contributed by atoms with E-state index in [1.165, 1.54) is 52.3 Å². The van der Waals surface area contributed by atoms with Gasteiger partial charge in [-0.2, -0.15) is 15.3 Å². The normalized spacial score (nSPS) is 28.5. The molecule has 0 aliphatic carbocycles. The Bertz CT molecular complexity index is 3990. The first-order chi connectivity index (χ1) is 40.6. The number of aromatic nitrogens is 12. The number of rotatable bonds is 20. The number of aliphatic hydroxyl groups excluding tert-OH is 4. The van der Waals surface area contributed by atoms with E-state index in [1.807, 2.05) is 0 Å². The van der Waals surface area contributed by atoms with E-state index < -0.39 is 138 Å². The Hall–Kier alpha value is -6.15. The highest BCUT2D eigenvalue weighted by Gasteiger charge is 2.57. The Balaban J connectivity index is 0. The first kappa shape index (κ1) is 91.9. The Morgan fingerprint density at radius 3 is 1.12 bits per heavy atom. The fraction of sp³-hybridized carbons (Fsp3) is 0.545. The van der Waals surface area contributed by atoms with Gasteiger partial charge in [0.1, 0.15) is 72.8 Å². The zero-order chi connectivity index (χ0) is 65.5. The molecule has 63 heteroatoms. The number of hydrogen-bond acceptors (Lipinski definition) is 40. The van der Waals surface area contributed by atoms with E-state index in [9.17, 15) is 77.2 Å². The minimum absolute atomic E-state index is 0. The number of azide groups is 2. The Morgan fingerprint density at radius 2 is 0.812 bits per heavy atom. The summed E-state index contributed by atoms with van der Waals surface area (Å²) in [5.41, 5.74) is 37.8. The summed E-state index contributed by atoms with van der Waals surface area (Å²) in [4.78, 5) is 113. The number of quaternary nitrogens is 8. The topological polar surface area (TPSA) is 1070 Å². The maximum Gasteiger partial charge on any atom is 0.280 e. The number of phosphoric ester groups is 2. The van der Waals surface area contributed by atoms with Crippen LogP contribution in [0.2, 0.25) is 0 Å². The molecular formula is C33H76N30O27P6+2. The van der Waals surface area contributed by atoms with Crippen molar-refractivity contribution in [2.75, 3.05) is 37.0 Å². The molecule has 3 saturated heterocycles. The van der Waals surface area contributed by atoms with Gasteiger partial charge in [-0.05, 0) is 31.8 Å². The van der Waals surface area contributed by atoms with Crippen LogP contribution in [0.5, 0.6) is 0 Å². The van der Waals surface area contributed by atoms with Crippen LogP contribution in [0.1, 0.15) is 56.2 Å². The zero-order valence-corrected chi connectivity index (χ0v) is 57.4. The molecule has 6 unspecified atom stereocenters. The summed E-state index contributed by atoms with van der Waals surface area (Å²) < 4.78 is 110. The van der Waals surface area contributed by atoms with Gasteiger partial charge in [0.25, 0.3) is 46.9 Å². The van der Waals surface area contributed by atoms with Crippen molar-refractivity contribution in [3.05, 3.63) is 75.5 Å². The highest BCUT2D eigenvalue weighted by atomic mass is 31.3. The lowest BCUT2D eigenvalue weighted by Crippen LogP contribution is -2.51. The third-order valence-corrected chi connectivity index (χ3v) is 20.0. The van der Waals surface area contributed by atoms with Crippen molar-refractivity contribution in [1.82, 2.24) is 108 Å². The van der Waals surface area contributed by atoms with Gasteiger partial charge in [-0.1, -0.05) is 10.2 Å². The van der Waals surface area contributed by atoms with Gasteiger partial charge in [0.05, 0.1) is 73.2 Å². The third-order valence-electron chi connectivity index (χ3n) is 12.6. The van der Waals surface area contributed by atoms with Crippen molar-refractivity contribution < 1.29 is 127 Å². The quantitative estimate of drug-likeness (QED) is 0.0160. The molecule has 0 radical (unpaired) electrons. The third kappa shape index (κ3) is 20.3. The molecule has 3 aliphatic rings. The second-order valence-corrected chi connectivity index (χ2v) is 27.3. The second kappa shape index (κ2) is 34.1. The number of anilines is 3. The predicted octanol–water partition coefficient (Wildman–Crippen LogP) is -2.73. The number of hydrogen-bond donors (Lipinski definition) is 18. The summed E-state index contributed by atoms with van der Waals surface area (Å²) in [7, 11) is -35.6. The van der Waals surface area contributed by atoms with Gasteiger partial charge >= 0.3 is 0 Å². The van der Waals surface area contributed by atoms with E-state index in [-0.39, 0.29) is 89.3 Å². The minimum atomic E-state index is -6.12. The SMILES string of the molecule is C[C@@]1(N)[C@H](O)[C@@H](COP(=O)([O-])OP(=O)([O-])OP(=O)([O-])O)O[C@H]1c1cnc2c(N)ncnn12.C[C@@]1(N=[N+]=[N-])[C@H](O)[C@@H](CO)O[C@H]1c1cnc2c(N)ncnn12.C[C@@]1(N=[N+]=[N-])[C@H](O)[C@@H](COP(=O)([O-])OP(=O)([O-])OP(=O)([O-])O)O[C@H]1c1cnc2c(N)ncnn12.[NH4+].[NH4+].[NH4+].[NH4+].[NH4+].[NH4+].[NH4+].[NH4+]. The van der Waals surface area contributed by atoms with E-state index in [1.54, 1.807) is 6.92 Å². The molecule has 9 heterocycles. The molecular weight excluding hydrogens is 1430 g/mol. The first-order valence-corrected chi connectivity index (χ1v) is 32.3. The molecule has 0 amide bonds. The van der Waals surface area contributed by atoms with Crippen LogP contribution in [-0.2, 0) is 67.9 Å². The Morgan fingerprint density at radius 1 is 0.521 bits per heavy atom. The number of fused-ring (bicyclic) bond motifs is 3. The van der Waals surface area contributed by atoms with Crippen molar-refractivity contribution in [2.45, 2.75) is 92.3 Å². The van der Waals surface area contributed by atoms with Crippen molar-refractivity contribution >= 4 is 81.3 Å². The van der Waals surface area contributed by atoms with Crippen LogP contribution < -0.4 is 101 Å². The molecule has 46 N–H and O–H groups in total. The van der Waals surface area contributed by atoms with Gasteiger partial charge in [0.15, 0.2) is 34.4 Å². The summed E-state index contributed by atoms with van der Waals surface area (Å²) in [6, 6.07) is 0. The largest absolute Gasteiger partial charge is 0.756 e. The minimum Gasteiger partial charge on any atom is -0.756 e. The van der Waals surface area contributed by atoms with E-state index >= 15 is 0 Å². The summed E-state index contributed by atoms with van der Waals surface area (Å²) in [5.74, 6) is 0.218. The number of ether oxygens (including phenoxy) is 3. The lowest BCUT2D eigenvalue weighted by atomic mass is 9.88. The van der Waals surface area contributed by atoms with E-state index in [0.717, 1.165) is 12.7 Å². The molecule has 3 aliphatic heterocycles. The molecule has 6 aromatic rings. The lowest BCUT2D eigenvalue weighted by molar-refractivity contribution is -0.254. The molecule has 0 spiro atoms. The van der Waals surface area contributed by atoms with Crippen LogP contribution in [-0.4, -0.2) is 162 Å². The van der Waals surface area contributed by atoms with Crippen LogP contribution in [0.4, 0.5) is 17.5 Å². The van der Waals surface area contributed by atoms with Crippen LogP contribution >= 0.6 is 46.9 Å². The fourth-order valence-electron chi connectivity index (χ4n) is 8.73. The molecule has 6 aromatic heterocycles. The highest BCUT2D eigenvalue weighted by Crippen LogP contribution is 2.63. The number of imidazole rings is 3.